The largest absolute Gasteiger partial charge is 0.497 e. The van der Waals surface area contributed by atoms with E-state index in [1.165, 1.54) is 24.0 Å². The minimum Gasteiger partial charge on any atom is -0.497 e. The van der Waals surface area contributed by atoms with Gasteiger partial charge in [-0.1, -0.05) is 31.4 Å². The van der Waals surface area contributed by atoms with Gasteiger partial charge < -0.3 is 4.74 Å². The van der Waals surface area contributed by atoms with Crippen LogP contribution in [0, 0.1) is 11.3 Å². The molecule has 3 aliphatic rings. The second-order valence-electron chi connectivity index (χ2n) is 7.80. The van der Waals surface area contributed by atoms with E-state index in [9.17, 15) is 4.79 Å². The monoisotopic (exact) mass is 324 g/mol. The molecule has 0 bridgehead atoms. The molecule has 1 saturated carbocycles. The van der Waals surface area contributed by atoms with Crippen LogP contribution in [0.2, 0.25) is 0 Å². The van der Waals surface area contributed by atoms with E-state index in [0.717, 1.165) is 50.7 Å². The molecule has 24 heavy (non-hydrogen) atoms. The van der Waals surface area contributed by atoms with E-state index in [1.54, 1.807) is 18.3 Å². The second kappa shape index (κ2) is 6.06. The molecule has 0 amide bonds. The summed E-state index contributed by atoms with van der Waals surface area (Å²) in [6.45, 7) is 2.24. The molecular formula is C22H28O2. The Labute approximate surface area is 145 Å². The van der Waals surface area contributed by atoms with Crippen LogP contribution in [0.3, 0.4) is 0 Å². The van der Waals surface area contributed by atoms with Crippen LogP contribution in [0.5, 0.6) is 5.75 Å². The van der Waals surface area contributed by atoms with Crippen molar-refractivity contribution in [2.75, 3.05) is 7.11 Å². The summed E-state index contributed by atoms with van der Waals surface area (Å²) >= 11 is 0. The Morgan fingerprint density at radius 3 is 2.88 bits per heavy atom. The molecule has 4 rings (SSSR count). The minimum absolute atomic E-state index is 0.0151. The summed E-state index contributed by atoms with van der Waals surface area (Å²) in [5.41, 5.74) is 6.03. The molecule has 0 saturated heterocycles. The van der Waals surface area contributed by atoms with Gasteiger partial charge in [-0.3, -0.25) is 4.79 Å². The molecule has 128 valence electrons. The van der Waals surface area contributed by atoms with Crippen molar-refractivity contribution >= 4 is 11.4 Å². The number of hydrogen-bond donors (Lipinski definition) is 0. The lowest BCUT2D eigenvalue weighted by Crippen LogP contribution is -2.37. The summed E-state index contributed by atoms with van der Waals surface area (Å²) in [4.78, 5) is 12.8. The van der Waals surface area contributed by atoms with Crippen molar-refractivity contribution in [1.82, 2.24) is 0 Å². The van der Waals surface area contributed by atoms with Gasteiger partial charge in [0.25, 0.3) is 0 Å². The third-order valence-corrected chi connectivity index (χ3v) is 6.79. The molecule has 0 aromatic heterocycles. The van der Waals surface area contributed by atoms with Crippen molar-refractivity contribution in [3.63, 3.8) is 0 Å². The summed E-state index contributed by atoms with van der Waals surface area (Å²) in [5, 5.41) is 0. The number of fused-ring (bicyclic) bond motifs is 4. The molecule has 1 fully saturated rings. The highest BCUT2D eigenvalue weighted by Gasteiger charge is 2.52. The van der Waals surface area contributed by atoms with E-state index in [2.05, 4.69) is 25.1 Å². The molecule has 2 nitrogen and oxygen atoms in total. The van der Waals surface area contributed by atoms with Gasteiger partial charge in [-0.15, -0.1) is 0 Å². The lowest BCUT2D eigenvalue weighted by atomic mass is 9.60. The maximum atomic E-state index is 12.8. The van der Waals surface area contributed by atoms with Crippen LogP contribution in [0.4, 0.5) is 0 Å². The van der Waals surface area contributed by atoms with Crippen LogP contribution in [0.15, 0.2) is 23.8 Å². The van der Waals surface area contributed by atoms with Gasteiger partial charge in [-0.25, -0.2) is 0 Å². The van der Waals surface area contributed by atoms with Gasteiger partial charge in [0.05, 0.1) is 7.11 Å². The van der Waals surface area contributed by atoms with E-state index >= 15 is 0 Å². The number of benzene rings is 1. The van der Waals surface area contributed by atoms with E-state index < -0.39 is 0 Å². The highest BCUT2D eigenvalue weighted by molar-refractivity contribution is 5.90. The zero-order valence-electron chi connectivity index (χ0n) is 15.0. The van der Waals surface area contributed by atoms with Crippen LogP contribution >= 0.6 is 0 Å². The number of hydrogen-bond acceptors (Lipinski definition) is 2. The zero-order valence-corrected chi connectivity index (χ0v) is 15.0. The van der Waals surface area contributed by atoms with Crippen LogP contribution in [0.1, 0.15) is 69.4 Å². The Morgan fingerprint density at radius 1 is 1.21 bits per heavy atom. The van der Waals surface area contributed by atoms with E-state index in [-0.39, 0.29) is 5.41 Å². The van der Waals surface area contributed by atoms with Crippen molar-refractivity contribution in [2.24, 2.45) is 11.3 Å². The Hall–Kier alpha value is -1.57. The molecule has 2 heteroatoms. The van der Waals surface area contributed by atoms with E-state index in [4.69, 9.17) is 4.74 Å². The molecule has 0 heterocycles. The van der Waals surface area contributed by atoms with Gasteiger partial charge >= 0.3 is 0 Å². The van der Waals surface area contributed by atoms with Crippen LogP contribution in [0.25, 0.3) is 5.57 Å². The smallest absolute Gasteiger partial charge is 0.139 e. The summed E-state index contributed by atoms with van der Waals surface area (Å²) in [7, 11) is 1.74. The first-order valence-electron chi connectivity index (χ1n) is 9.62. The number of Topliss-reactive ketones (excluding diaryl/α,β-unsaturated/α-hetero) is 1. The summed E-state index contributed by atoms with van der Waals surface area (Å²) < 4.78 is 5.40. The van der Waals surface area contributed by atoms with Crippen LogP contribution in [-0.2, 0) is 11.2 Å². The van der Waals surface area contributed by atoms with Crippen molar-refractivity contribution in [3.05, 3.63) is 34.9 Å². The Kier molecular flexibility index (Phi) is 4.02. The lowest BCUT2D eigenvalue weighted by Gasteiger charge is -2.43. The Morgan fingerprint density at radius 2 is 2.08 bits per heavy atom. The van der Waals surface area contributed by atoms with Crippen molar-refractivity contribution in [2.45, 2.75) is 64.7 Å². The zero-order chi connectivity index (χ0) is 16.7. The second-order valence-corrected chi connectivity index (χ2v) is 7.80. The van der Waals surface area contributed by atoms with Gasteiger partial charge in [0.1, 0.15) is 11.5 Å². The van der Waals surface area contributed by atoms with Crippen molar-refractivity contribution < 1.29 is 9.53 Å². The highest BCUT2D eigenvalue weighted by Crippen LogP contribution is 2.58. The standard InChI is InChI=1S/C22H28O2/c1-3-4-12-22-13-11-18-17-8-6-16(24-2)14-15(17)5-7-19(18)20(22)9-10-21(22)23/h6,8,14,20H,3-5,7,9-13H2,1-2H3/t20-,22-/m0/s1. The number of rotatable bonds is 4. The Bertz CT molecular complexity index is 700. The number of allylic oxidation sites excluding steroid dienone is 2. The SMILES string of the molecule is CCCC[C@]12CCC3=C(CCc4cc(OC)ccc43)[C@@H]1CCC2=O. The van der Waals surface area contributed by atoms with Gasteiger partial charge in [0, 0.05) is 11.8 Å². The van der Waals surface area contributed by atoms with Gasteiger partial charge in [0.2, 0.25) is 0 Å². The molecule has 3 aliphatic carbocycles. The quantitative estimate of drug-likeness (QED) is 0.747. The van der Waals surface area contributed by atoms with Gasteiger partial charge in [-0.05, 0) is 73.3 Å². The first kappa shape index (κ1) is 15.9. The fourth-order valence-electron chi connectivity index (χ4n) is 5.57. The molecule has 1 aromatic rings. The van der Waals surface area contributed by atoms with Crippen LogP contribution < -0.4 is 4.74 Å². The van der Waals surface area contributed by atoms with Gasteiger partial charge in [0.15, 0.2) is 0 Å². The lowest BCUT2D eigenvalue weighted by molar-refractivity contribution is -0.128. The molecule has 0 N–H and O–H groups in total. The topological polar surface area (TPSA) is 26.3 Å². The van der Waals surface area contributed by atoms with Crippen LogP contribution in [-0.4, -0.2) is 12.9 Å². The number of aryl methyl sites for hydroxylation is 1. The summed E-state index contributed by atoms with van der Waals surface area (Å²) in [6.07, 6.45) is 9.78. The molecule has 0 unspecified atom stereocenters. The summed E-state index contributed by atoms with van der Waals surface area (Å²) in [6, 6.07) is 6.55. The number of carbonyl (C=O) groups excluding carboxylic acids is 1. The third-order valence-electron chi connectivity index (χ3n) is 6.79. The number of methoxy groups -OCH3 is 1. The maximum Gasteiger partial charge on any atom is 0.139 e. The average molecular weight is 324 g/mol. The third kappa shape index (κ3) is 2.26. The molecule has 0 spiro atoms. The average Bonchev–Trinajstić information content (AvgIpc) is 2.96. The predicted octanol–water partition coefficient (Wildman–Crippen LogP) is 5.34. The molecule has 1 aromatic carbocycles. The predicted molar refractivity (Wildman–Crippen MR) is 97.2 cm³/mol. The van der Waals surface area contributed by atoms with E-state index in [0.29, 0.717) is 11.7 Å². The molecule has 2 atom stereocenters. The maximum absolute atomic E-state index is 12.8. The fourth-order valence-corrected chi connectivity index (χ4v) is 5.57. The number of ether oxygens (including phenoxy) is 1. The first-order valence-corrected chi connectivity index (χ1v) is 9.62. The van der Waals surface area contributed by atoms with Crippen molar-refractivity contribution in [1.29, 1.82) is 0 Å². The first-order chi connectivity index (χ1) is 11.7. The number of unbranched alkanes of at least 4 members (excludes halogenated alkanes) is 1. The Balaban J connectivity index is 1.74. The summed E-state index contributed by atoms with van der Waals surface area (Å²) in [5.74, 6) is 2.05. The van der Waals surface area contributed by atoms with Crippen molar-refractivity contribution in [3.8, 4) is 5.75 Å². The molecule has 0 radical (unpaired) electrons. The molecular weight excluding hydrogens is 296 g/mol. The number of carbonyl (C=O) groups is 1. The fraction of sp³-hybridized carbons (Fsp3) is 0.591. The minimum atomic E-state index is -0.0151. The molecule has 0 aliphatic heterocycles. The normalized spacial score (nSPS) is 28.4. The van der Waals surface area contributed by atoms with E-state index in [1.807, 2.05) is 0 Å². The highest BCUT2D eigenvalue weighted by atomic mass is 16.5. The number of ketones is 1. The van der Waals surface area contributed by atoms with Gasteiger partial charge in [-0.2, -0.15) is 0 Å².